The van der Waals surface area contributed by atoms with Crippen LogP contribution in [0, 0.1) is 73.4 Å². The Hall–Kier alpha value is -3.24. The highest BCUT2D eigenvalue weighted by atomic mass is 16.5. The Balaban J connectivity index is 0.000000574. The summed E-state index contributed by atoms with van der Waals surface area (Å²) in [6.45, 7) is 28.5. The number of amides is 2. The third kappa shape index (κ3) is 8.40. The largest absolute Gasteiger partial charge is 0.481 e. The fraction of sp³-hybridized carbons (Fsp3) is 0.786. The van der Waals surface area contributed by atoms with Gasteiger partial charge in [-0.25, -0.2) is 0 Å². The minimum atomic E-state index is -1.16. The topological polar surface area (TPSA) is 161 Å². The monoisotopic (exact) mass is 915 g/mol. The lowest BCUT2D eigenvalue weighted by Crippen LogP contribution is -2.69. The molecule has 4 unspecified atom stereocenters. The van der Waals surface area contributed by atoms with Crippen molar-refractivity contribution in [3.8, 4) is 0 Å². The van der Waals surface area contributed by atoms with Gasteiger partial charge < -0.3 is 30.9 Å². The average Bonchev–Trinajstić information content (AvgIpc) is 3.69. The molecule has 1 heterocycles. The summed E-state index contributed by atoms with van der Waals surface area (Å²) in [6, 6.07) is 9.81. The van der Waals surface area contributed by atoms with Crippen LogP contribution in [-0.2, 0) is 23.9 Å². The van der Waals surface area contributed by atoms with Gasteiger partial charge in [-0.15, -0.1) is 0 Å². The summed E-state index contributed by atoms with van der Waals surface area (Å²) in [5.41, 5.74) is 4.25. The first-order valence-electron chi connectivity index (χ1n) is 26.0. The number of carboxylic acids is 1. The minimum Gasteiger partial charge on any atom is -0.481 e. The predicted molar refractivity (Wildman–Crippen MR) is 258 cm³/mol. The number of nitrogens with zero attached hydrogens (tertiary/aromatic N) is 1. The second-order valence-corrected chi connectivity index (χ2v) is 25.4. The summed E-state index contributed by atoms with van der Waals surface area (Å²) < 4.78 is 6.19. The normalized spacial score (nSPS) is 39.1. The van der Waals surface area contributed by atoms with E-state index in [0.717, 1.165) is 102 Å². The van der Waals surface area contributed by atoms with E-state index in [2.05, 4.69) is 77.9 Å². The van der Waals surface area contributed by atoms with Crippen molar-refractivity contribution in [1.82, 2.24) is 10.2 Å². The molecule has 66 heavy (non-hydrogen) atoms. The molecule has 6 aliphatic carbocycles. The van der Waals surface area contributed by atoms with Gasteiger partial charge >= 0.3 is 11.9 Å². The number of ether oxygens (including phenoxy) is 1. The maximum Gasteiger partial charge on any atom is 0.309 e. The molecular weight excluding hydrogens is 827 g/mol. The molecule has 1 saturated heterocycles. The minimum absolute atomic E-state index is 0.00579. The van der Waals surface area contributed by atoms with Crippen molar-refractivity contribution in [2.45, 2.75) is 184 Å². The van der Waals surface area contributed by atoms with Gasteiger partial charge in [0, 0.05) is 36.0 Å². The van der Waals surface area contributed by atoms with Crippen molar-refractivity contribution in [3.63, 3.8) is 0 Å². The zero-order valence-corrected chi connectivity index (χ0v) is 42.6. The number of benzene rings is 1. The number of aliphatic hydroxyl groups excluding tert-OH is 1. The number of carbonyl (C=O) groups excluding carboxylic acids is 3. The summed E-state index contributed by atoms with van der Waals surface area (Å²) in [5, 5.41) is 22.0. The number of carboxylic acid groups (broad SMARTS) is 1. The number of quaternary nitrogens is 1. The molecule has 8 rings (SSSR count). The molecule has 6 N–H and O–H groups in total. The Morgan fingerprint density at radius 3 is 2.12 bits per heavy atom. The van der Waals surface area contributed by atoms with Crippen molar-refractivity contribution < 1.29 is 39.9 Å². The number of esters is 1. The Bertz CT molecular complexity index is 1990. The fourth-order valence-corrected chi connectivity index (χ4v) is 16.4. The van der Waals surface area contributed by atoms with Gasteiger partial charge in [0.2, 0.25) is 11.8 Å². The molecule has 1 aliphatic heterocycles. The van der Waals surface area contributed by atoms with Crippen molar-refractivity contribution in [1.29, 1.82) is 0 Å². The summed E-state index contributed by atoms with van der Waals surface area (Å²) in [7, 11) is 0. The standard InChI is InChI=1S/C48H76N2O6.C8H11NO/c1-29(2)30-17-22-48(40(53)49-35-27-33(43(35,5)6)39(52)50-25-13-12-14-26-50)24-23-46(10)32-15-16-34-44(7,8)36(56-37(51)28-42(3,4)41(54)55)19-20-45(34,9)31(32)18-21-47(46,11)38(30)48;9-8(6-10)7-4-2-1-3-5-7/h30-36,38H,1,12-28H2,2-11H3,(H,49,53)(H,54,55);1-5,8,10H,6,9H2/p+1/t30-,31-,32?,33+,34-,35?,36-,38?,45+,46-,47+,48-;/m0./s1. The predicted octanol–water partition coefficient (Wildman–Crippen LogP) is 9.56. The lowest BCUT2D eigenvalue weighted by atomic mass is 9.33. The number of hydrogen-bond donors (Lipinski definition) is 4. The maximum atomic E-state index is 15.1. The zero-order chi connectivity index (χ0) is 48.4. The zero-order valence-electron chi connectivity index (χ0n) is 42.6. The van der Waals surface area contributed by atoms with E-state index in [9.17, 15) is 19.5 Å². The van der Waals surface area contributed by atoms with E-state index in [0.29, 0.717) is 29.6 Å². The van der Waals surface area contributed by atoms with Gasteiger partial charge in [0.15, 0.2) is 0 Å². The molecule has 0 bridgehead atoms. The summed E-state index contributed by atoms with van der Waals surface area (Å²) >= 11 is 0. The van der Waals surface area contributed by atoms with Crippen LogP contribution >= 0.6 is 0 Å². The third-order valence-corrected chi connectivity index (χ3v) is 20.9. The molecular formula is C56H88N3O7+. The van der Waals surface area contributed by atoms with E-state index in [-0.39, 0.29) is 76.0 Å². The molecule has 1 aromatic rings. The van der Waals surface area contributed by atoms with Crippen LogP contribution in [0.3, 0.4) is 0 Å². The van der Waals surface area contributed by atoms with Crippen LogP contribution < -0.4 is 11.1 Å². The molecule has 0 aromatic heterocycles. The Morgan fingerprint density at radius 1 is 0.848 bits per heavy atom. The van der Waals surface area contributed by atoms with E-state index >= 15 is 4.79 Å². The number of hydrogen-bond acceptors (Lipinski definition) is 6. The van der Waals surface area contributed by atoms with Gasteiger partial charge in [0.05, 0.1) is 23.9 Å². The molecule has 7 aliphatic rings. The van der Waals surface area contributed by atoms with Gasteiger partial charge in [-0.2, -0.15) is 0 Å². The molecule has 1 aromatic carbocycles. The second-order valence-electron chi connectivity index (χ2n) is 25.4. The van der Waals surface area contributed by atoms with Gasteiger partial charge in [-0.1, -0.05) is 91.0 Å². The van der Waals surface area contributed by atoms with Crippen molar-refractivity contribution >= 4 is 23.8 Å². The highest BCUT2D eigenvalue weighted by Gasteiger charge is 2.73. The van der Waals surface area contributed by atoms with E-state index < -0.39 is 22.8 Å². The van der Waals surface area contributed by atoms with Gasteiger partial charge in [-0.3, -0.25) is 19.2 Å². The number of allylic oxidation sites excluding steroid dienone is 1. The van der Waals surface area contributed by atoms with E-state index in [1.165, 1.54) is 12.0 Å². The molecule has 10 heteroatoms. The molecule has 368 valence electrons. The van der Waals surface area contributed by atoms with Crippen LogP contribution in [0.15, 0.2) is 42.5 Å². The first-order valence-corrected chi connectivity index (χ1v) is 26.0. The van der Waals surface area contributed by atoms with Crippen LogP contribution in [0.5, 0.6) is 0 Å². The Labute approximate surface area is 397 Å². The molecule has 7 fully saturated rings. The lowest BCUT2D eigenvalue weighted by Gasteiger charge is -2.72. The van der Waals surface area contributed by atoms with Crippen molar-refractivity contribution in [2.24, 2.45) is 73.4 Å². The maximum absolute atomic E-state index is 15.1. The quantitative estimate of drug-likeness (QED) is 0.134. The van der Waals surface area contributed by atoms with Crippen LogP contribution in [0.4, 0.5) is 0 Å². The van der Waals surface area contributed by atoms with Gasteiger partial charge in [0.1, 0.15) is 12.1 Å². The SMILES string of the molecule is C=C(C)[C@@H]1CC[C@]2(C(=O)NC3C[C@H](C(=O)N4CCCCC4)C3(C)C)CC[C@@]3(C)C4CC[C@H]5C(C)(C)[C@@H](OC(=O)CC(C)(C)C(=O)O)CC[C@]5(C)[C@H]4CC[C@]3(C)C12.[NH3+]C(CO)c1ccccc1. The first-order chi connectivity index (χ1) is 30.8. The van der Waals surface area contributed by atoms with E-state index in [1.807, 2.05) is 30.3 Å². The Morgan fingerprint density at radius 2 is 1.52 bits per heavy atom. The number of nitrogens with one attached hydrogen (secondary N) is 1. The van der Waals surface area contributed by atoms with Gasteiger partial charge in [-0.05, 0) is 162 Å². The summed E-state index contributed by atoms with van der Waals surface area (Å²) in [4.78, 5) is 55.7. The van der Waals surface area contributed by atoms with Gasteiger partial charge in [0.25, 0.3) is 0 Å². The smallest absolute Gasteiger partial charge is 0.309 e. The van der Waals surface area contributed by atoms with Crippen molar-refractivity contribution in [3.05, 3.63) is 48.0 Å². The molecule has 0 spiro atoms. The highest BCUT2D eigenvalue weighted by Crippen LogP contribution is 2.78. The number of rotatable bonds is 10. The number of aliphatic carboxylic acids is 1. The number of fused-ring (bicyclic) bond motifs is 7. The number of carbonyl (C=O) groups is 4. The van der Waals surface area contributed by atoms with Crippen molar-refractivity contribution in [2.75, 3.05) is 19.7 Å². The number of likely N-dealkylation sites (tertiary alicyclic amines) is 1. The molecule has 2 amide bonds. The van der Waals surface area contributed by atoms with Crippen LogP contribution in [0.25, 0.3) is 0 Å². The van der Waals surface area contributed by atoms with Crippen LogP contribution in [0.2, 0.25) is 0 Å². The van der Waals surface area contributed by atoms with E-state index in [1.54, 1.807) is 13.8 Å². The molecule has 10 nitrogen and oxygen atoms in total. The van der Waals surface area contributed by atoms with Crippen LogP contribution in [-0.4, -0.2) is 70.7 Å². The first kappa shape index (κ1) is 50.6. The number of aliphatic hydroxyl groups is 1. The lowest BCUT2D eigenvalue weighted by molar-refractivity contribution is -0.432. The molecule has 6 saturated carbocycles. The number of piperidine rings is 1. The second kappa shape index (κ2) is 18.3. The highest BCUT2D eigenvalue weighted by molar-refractivity contribution is 5.86. The summed E-state index contributed by atoms with van der Waals surface area (Å²) in [5.74, 6) is 1.23. The Kier molecular flexibility index (Phi) is 14.0. The fourth-order valence-electron chi connectivity index (χ4n) is 16.4. The molecule has 13 atom stereocenters. The van der Waals surface area contributed by atoms with E-state index in [4.69, 9.17) is 9.84 Å². The molecule has 0 radical (unpaired) electrons. The van der Waals surface area contributed by atoms with Crippen LogP contribution in [0.1, 0.15) is 177 Å². The summed E-state index contributed by atoms with van der Waals surface area (Å²) in [6.07, 6.45) is 14.1. The third-order valence-electron chi connectivity index (χ3n) is 20.9. The average molecular weight is 915 g/mol.